The van der Waals surface area contributed by atoms with Crippen LogP contribution in [0.3, 0.4) is 0 Å². The van der Waals surface area contributed by atoms with Crippen LogP contribution in [0.1, 0.15) is 13.8 Å². The van der Waals surface area contributed by atoms with E-state index in [2.05, 4.69) is 0 Å². The predicted molar refractivity (Wildman–Crippen MR) is 44.8 cm³/mol. The second kappa shape index (κ2) is 5.71. The first-order valence-corrected chi connectivity index (χ1v) is 3.81. The Kier molecular flexibility index (Phi) is 5.28. The van der Waals surface area contributed by atoms with Crippen molar-refractivity contribution in [3.8, 4) is 0 Å². The maximum Gasteiger partial charge on any atom is 0.219 e. The molecule has 0 saturated heterocycles. The molecule has 0 rings (SSSR count). The van der Waals surface area contributed by atoms with Crippen molar-refractivity contribution in [2.45, 2.75) is 13.8 Å². The van der Waals surface area contributed by atoms with Crippen molar-refractivity contribution in [1.82, 2.24) is 4.90 Å². The highest BCUT2D eigenvalue weighted by Crippen LogP contribution is 1.89. The summed E-state index contributed by atoms with van der Waals surface area (Å²) in [5.74, 6) is -0.108. The molecule has 0 aromatic heterocycles. The van der Waals surface area contributed by atoms with Gasteiger partial charge < -0.3 is 9.64 Å². The van der Waals surface area contributed by atoms with Gasteiger partial charge in [-0.25, -0.2) is 0 Å². The van der Waals surface area contributed by atoms with E-state index in [0.717, 1.165) is 0 Å². The van der Waals surface area contributed by atoms with E-state index in [4.69, 9.17) is 4.74 Å². The molecule has 0 saturated carbocycles. The zero-order valence-corrected chi connectivity index (χ0v) is 7.79. The van der Waals surface area contributed by atoms with Crippen LogP contribution in [0.5, 0.6) is 0 Å². The predicted octanol–water partition coefficient (Wildman–Crippen LogP) is 0.0703. The topological polar surface area (TPSA) is 46.6 Å². The van der Waals surface area contributed by atoms with Crippen LogP contribution >= 0.6 is 0 Å². The molecule has 0 atom stereocenters. The molecule has 0 spiro atoms. The number of ketones is 1. The highest BCUT2D eigenvalue weighted by atomic mass is 16.5. The monoisotopic (exact) mass is 173 g/mol. The molecule has 0 aliphatic carbocycles. The van der Waals surface area contributed by atoms with Gasteiger partial charge in [-0.2, -0.15) is 0 Å². The molecule has 0 heterocycles. The van der Waals surface area contributed by atoms with Crippen LogP contribution in [0, 0.1) is 0 Å². The van der Waals surface area contributed by atoms with Gasteiger partial charge in [-0.1, -0.05) is 0 Å². The van der Waals surface area contributed by atoms with Gasteiger partial charge in [-0.05, 0) is 6.92 Å². The molecule has 4 nitrogen and oxygen atoms in total. The van der Waals surface area contributed by atoms with Gasteiger partial charge in [0.1, 0.15) is 5.78 Å². The van der Waals surface area contributed by atoms with Crippen molar-refractivity contribution in [3.63, 3.8) is 0 Å². The van der Waals surface area contributed by atoms with Gasteiger partial charge in [0, 0.05) is 20.6 Å². The van der Waals surface area contributed by atoms with Crippen LogP contribution in [0.15, 0.2) is 0 Å². The molecule has 0 radical (unpaired) electrons. The normalized spacial score (nSPS) is 9.58. The molecule has 0 aliphatic rings. The smallest absolute Gasteiger partial charge is 0.219 e. The van der Waals surface area contributed by atoms with Crippen molar-refractivity contribution in [2.75, 3.05) is 26.8 Å². The highest BCUT2D eigenvalue weighted by Gasteiger charge is 2.09. The fraction of sp³-hybridized carbons (Fsp3) is 0.750. The maximum atomic E-state index is 10.9. The molecule has 0 N–H and O–H groups in total. The molecule has 0 unspecified atom stereocenters. The molecule has 1 amide bonds. The second-order valence-electron chi connectivity index (χ2n) is 2.64. The number of ether oxygens (including phenoxy) is 1. The van der Waals surface area contributed by atoms with Gasteiger partial charge in [0.25, 0.3) is 0 Å². The van der Waals surface area contributed by atoms with Crippen LogP contribution in [-0.2, 0) is 14.3 Å². The van der Waals surface area contributed by atoms with Crippen molar-refractivity contribution in [1.29, 1.82) is 0 Å². The Balaban J connectivity index is 3.87. The number of rotatable bonds is 5. The Morgan fingerprint density at radius 2 is 1.92 bits per heavy atom. The molecule has 0 bridgehead atoms. The van der Waals surface area contributed by atoms with Crippen LogP contribution < -0.4 is 0 Å². The summed E-state index contributed by atoms with van der Waals surface area (Å²) in [6.07, 6.45) is 0. The molecule has 0 aliphatic heterocycles. The number of hydrogen-bond acceptors (Lipinski definition) is 3. The summed E-state index contributed by atoms with van der Waals surface area (Å²) >= 11 is 0. The number of amides is 1. The lowest BCUT2D eigenvalue weighted by molar-refractivity contribution is -0.133. The van der Waals surface area contributed by atoms with Crippen molar-refractivity contribution >= 4 is 11.7 Å². The largest absolute Gasteiger partial charge is 0.383 e. The van der Waals surface area contributed by atoms with E-state index in [1.165, 1.54) is 18.7 Å². The van der Waals surface area contributed by atoms with Gasteiger partial charge in [0.05, 0.1) is 13.2 Å². The lowest BCUT2D eigenvalue weighted by Gasteiger charge is -2.18. The number of carbonyl (C=O) groups excluding carboxylic acids is 2. The minimum atomic E-state index is -0.0951. The quantitative estimate of drug-likeness (QED) is 0.591. The number of nitrogens with zero attached hydrogens (tertiary/aromatic N) is 1. The maximum absolute atomic E-state index is 10.9. The first-order valence-electron chi connectivity index (χ1n) is 3.81. The molecule has 0 fully saturated rings. The minimum absolute atomic E-state index is 0.0127. The van der Waals surface area contributed by atoms with E-state index >= 15 is 0 Å². The van der Waals surface area contributed by atoms with Crippen LogP contribution in [0.2, 0.25) is 0 Å². The van der Waals surface area contributed by atoms with Crippen LogP contribution in [-0.4, -0.2) is 43.4 Å². The Morgan fingerprint density at radius 1 is 1.33 bits per heavy atom. The summed E-state index contributed by atoms with van der Waals surface area (Å²) in [7, 11) is 1.56. The lowest BCUT2D eigenvalue weighted by Crippen LogP contribution is -2.35. The number of methoxy groups -OCH3 is 1. The average molecular weight is 173 g/mol. The number of carbonyl (C=O) groups is 2. The summed E-state index contributed by atoms with van der Waals surface area (Å²) in [4.78, 5) is 23.1. The molecule has 0 aromatic carbocycles. The summed E-state index contributed by atoms with van der Waals surface area (Å²) in [6, 6.07) is 0. The molecule has 0 aromatic rings. The molecule has 4 heteroatoms. The molecule has 12 heavy (non-hydrogen) atoms. The zero-order valence-electron chi connectivity index (χ0n) is 7.79. The van der Waals surface area contributed by atoms with Gasteiger partial charge in [-0.15, -0.1) is 0 Å². The zero-order chi connectivity index (χ0) is 9.56. The van der Waals surface area contributed by atoms with Gasteiger partial charge in [0.15, 0.2) is 0 Å². The molecular formula is C8H15NO3. The van der Waals surface area contributed by atoms with E-state index in [0.29, 0.717) is 13.2 Å². The van der Waals surface area contributed by atoms with E-state index in [9.17, 15) is 9.59 Å². The summed E-state index contributed by atoms with van der Waals surface area (Å²) < 4.78 is 4.80. The average Bonchev–Trinajstić information content (AvgIpc) is 1.96. The van der Waals surface area contributed by atoms with E-state index in [1.54, 1.807) is 7.11 Å². The second-order valence-corrected chi connectivity index (χ2v) is 2.64. The van der Waals surface area contributed by atoms with E-state index in [-0.39, 0.29) is 18.2 Å². The number of Topliss-reactive ketones (excluding diaryl/α,β-unsaturated/α-hetero) is 1. The standard InChI is InChI=1S/C8H15NO3/c1-7(10)6-9(8(2)11)4-5-12-3/h4-6H2,1-3H3. The van der Waals surface area contributed by atoms with Crippen molar-refractivity contribution < 1.29 is 14.3 Å². The SMILES string of the molecule is COCCN(CC(C)=O)C(C)=O. The fourth-order valence-electron chi connectivity index (χ4n) is 0.818. The van der Waals surface area contributed by atoms with Crippen molar-refractivity contribution in [2.24, 2.45) is 0 Å². The van der Waals surface area contributed by atoms with E-state index in [1.807, 2.05) is 0 Å². The van der Waals surface area contributed by atoms with Crippen LogP contribution in [0.4, 0.5) is 0 Å². The third-order valence-electron chi connectivity index (χ3n) is 1.42. The van der Waals surface area contributed by atoms with Crippen molar-refractivity contribution in [3.05, 3.63) is 0 Å². The van der Waals surface area contributed by atoms with E-state index < -0.39 is 0 Å². The molecule has 70 valence electrons. The Labute approximate surface area is 72.5 Å². The van der Waals surface area contributed by atoms with Gasteiger partial charge in [0.2, 0.25) is 5.91 Å². The highest BCUT2D eigenvalue weighted by molar-refractivity contribution is 5.83. The first-order chi connectivity index (χ1) is 5.57. The third kappa shape index (κ3) is 4.85. The summed E-state index contributed by atoms with van der Waals surface area (Å²) in [6.45, 7) is 4.03. The Morgan fingerprint density at radius 3 is 2.25 bits per heavy atom. The van der Waals surface area contributed by atoms with Crippen LogP contribution in [0.25, 0.3) is 0 Å². The third-order valence-corrected chi connectivity index (χ3v) is 1.42. The Hall–Kier alpha value is -0.900. The summed E-state index contributed by atoms with van der Waals surface area (Å²) in [5.41, 5.74) is 0. The minimum Gasteiger partial charge on any atom is -0.383 e. The first kappa shape index (κ1) is 11.1. The van der Waals surface area contributed by atoms with Gasteiger partial charge >= 0.3 is 0 Å². The summed E-state index contributed by atoms with van der Waals surface area (Å²) in [5, 5.41) is 0. The van der Waals surface area contributed by atoms with Gasteiger partial charge in [-0.3, -0.25) is 9.59 Å². The Bertz CT molecular complexity index is 168. The number of hydrogen-bond donors (Lipinski definition) is 0. The lowest BCUT2D eigenvalue weighted by atomic mass is 10.4. The fourth-order valence-corrected chi connectivity index (χ4v) is 0.818. The molecular weight excluding hydrogens is 158 g/mol.